The van der Waals surface area contributed by atoms with Crippen molar-refractivity contribution in [2.24, 2.45) is 5.41 Å². The molecule has 0 saturated carbocycles. The van der Waals surface area contributed by atoms with Gasteiger partial charge in [0.25, 0.3) is 0 Å². The lowest BCUT2D eigenvalue weighted by molar-refractivity contribution is 0.171. The van der Waals surface area contributed by atoms with Gasteiger partial charge in [0.2, 0.25) is 5.88 Å². The van der Waals surface area contributed by atoms with E-state index in [9.17, 15) is 0 Å². The number of ether oxygens (including phenoxy) is 2. The molecule has 0 aliphatic carbocycles. The molecule has 0 bridgehead atoms. The van der Waals surface area contributed by atoms with Gasteiger partial charge in [0.1, 0.15) is 13.2 Å². The highest BCUT2D eigenvalue weighted by atomic mass is 16.6. The summed E-state index contributed by atoms with van der Waals surface area (Å²) < 4.78 is 16.4. The lowest BCUT2D eigenvalue weighted by atomic mass is 9.88. The summed E-state index contributed by atoms with van der Waals surface area (Å²) in [5.74, 6) is 1.84. The summed E-state index contributed by atoms with van der Waals surface area (Å²) in [6.45, 7) is 7.61. The van der Waals surface area contributed by atoms with Crippen LogP contribution >= 0.6 is 0 Å². The number of fused-ring (bicyclic) bond motifs is 1. The maximum absolute atomic E-state index is 5.97. The maximum atomic E-state index is 5.97. The van der Waals surface area contributed by atoms with Crippen molar-refractivity contribution in [3.63, 3.8) is 0 Å². The fourth-order valence-electron chi connectivity index (χ4n) is 2.47. The average molecular weight is 288 g/mol. The van der Waals surface area contributed by atoms with Gasteiger partial charge in [-0.3, -0.25) is 0 Å². The molecule has 3 rings (SSSR count). The second kappa shape index (κ2) is 4.98. The van der Waals surface area contributed by atoms with Crippen molar-refractivity contribution in [2.45, 2.75) is 27.2 Å². The molecule has 112 valence electrons. The second-order valence-electron chi connectivity index (χ2n) is 6.46. The molecule has 1 aliphatic heterocycles. The number of rotatable bonds is 2. The van der Waals surface area contributed by atoms with E-state index in [4.69, 9.17) is 19.7 Å². The number of hydrogen-bond donors (Lipinski definition) is 1. The standard InChI is InChI=1S/C16H20N2O3/c1-16(2,3)9-11-14(15(17)21-18-11)10-4-5-12-13(8-10)20-7-6-19-12/h4-5,8H,6-7,9,17H2,1-3H3. The predicted octanol–water partition coefficient (Wildman–Crippen LogP) is 3.28. The van der Waals surface area contributed by atoms with Crippen LogP contribution in [0.2, 0.25) is 0 Å². The van der Waals surface area contributed by atoms with Gasteiger partial charge in [0.15, 0.2) is 11.5 Å². The molecule has 1 aromatic heterocycles. The number of nitrogens with zero attached hydrogens (tertiary/aromatic N) is 1. The summed E-state index contributed by atoms with van der Waals surface area (Å²) in [4.78, 5) is 0. The molecule has 2 N–H and O–H groups in total. The summed E-state index contributed by atoms with van der Waals surface area (Å²) in [7, 11) is 0. The van der Waals surface area contributed by atoms with Crippen molar-refractivity contribution in [3.8, 4) is 22.6 Å². The molecule has 0 fully saturated rings. The summed E-state index contributed by atoms with van der Waals surface area (Å²) in [5.41, 5.74) is 8.73. The van der Waals surface area contributed by atoms with Crippen molar-refractivity contribution in [1.82, 2.24) is 5.16 Å². The third kappa shape index (κ3) is 2.82. The molecule has 0 radical (unpaired) electrons. The zero-order valence-electron chi connectivity index (χ0n) is 12.6. The zero-order valence-corrected chi connectivity index (χ0v) is 12.6. The Morgan fingerprint density at radius 3 is 2.57 bits per heavy atom. The monoisotopic (exact) mass is 288 g/mol. The van der Waals surface area contributed by atoms with E-state index in [1.165, 1.54) is 0 Å². The minimum absolute atomic E-state index is 0.103. The van der Waals surface area contributed by atoms with Gasteiger partial charge in [-0.25, -0.2) is 0 Å². The van der Waals surface area contributed by atoms with E-state index in [2.05, 4.69) is 25.9 Å². The molecule has 0 amide bonds. The Morgan fingerprint density at radius 1 is 1.14 bits per heavy atom. The summed E-state index contributed by atoms with van der Waals surface area (Å²) in [5, 5.41) is 4.12. The topological polar surface area (TPSA) is 70.5 Å². The number of hydrogen-bond acceptors (Lipinski definition) is 5. The largest absolute Gasteiger partial charge is 0.486 e. The Hall–Kier alpha value is -2.17. The number of benzene rings is 1. The highest BCUT2D eigenvalue weighted by Crippen LogP contribution is 2.39. The van der Waals surface area contributed by atoms with Crippen LogP contribution in [0, 0.1) is 5.41 Å². The zero-order chi connectivity index (χ0) is 15.0. The first kappa shape index (κ1) is 13.8. The van der Waals surface area contributed by atoms with Gasteiger partial charge in [-0.05, 0) is 29.5 Å². The van der Waals surface area contributed by atoms with Crippen LogP contribution in [0.3, 0.4) is 0 Å². The van der Waals surface area contributed by atoms with Crippen LogP contribution in [0.25, 0.3) is 11.1 Å². The third-order valence-corrected chi connectivity index (χ3v) is 3.32. The Labute approximate surface area is 124 Å². The fraction of sp³-hybridized carbons (Fsp3) is 0.438. The minimum Gasteiger partial charge on any atom is -0.486 e. The Bertz CT molecular complexity index is 656. The van der Waals surface area contributed by atoms with Gasteiger partial charge in [0.05, 0.1) is 11.3 Å². The van der Waals surface area contributed by atoms with E-state index >= 15 is 0 Å². The minimum atomic E-state index is 0.103. The Kier molecular flexibility index (Phi) is 3.27. The van der Waals surface area contributed by atoms with Gasteiger partial charge in [-0.1, -0.05) is 32.0 Å². The van der Waals surface area contributed by atoms with Crippen LogP contribution in [0.1, 0.15) is 26.5 Å². The average Bonchev–Trinajstić information content (AvgIpc) is 2.77. The van der Waals surface area contributed by atoms with Crippen LogP contribution in [0.5, 0.6) is 11.5 Å². The maximum Gasteiger partial charge on any atom is 0.230 e. The molecule has 21 heavy (non-hydrogen) atoms. The van der Waals surface area contributed by atoms with Crippen molar-refractivity contribution >= 4 is 5.88 Å². The molecule has 5 heteroatoms. The predicted molar refractivity (Wildman–Crippen MR) is 80.5 cm³/mol. The molecule has 0 saturated heterocycles. The Morgan fingerprint density at radius 2 is 1.86 bits per heavy atom. The van der Waals surface area contributed by atoms with E-state index in [-0.39, 0.29) is 5.41 Å². The molecular formula is C16H20N2O3. The van der Waals surface area contributed by atoms with Gasteiger partial charge in [0, 0.05) is 0 Å². The lowest BCUT2D eigenvalue weighted by Crippen LogP contribution is -2.15. The lowest BCUT2D eigenvalue weighted by Gasteiger charge is -2.19. The van der Waals surface area contributed by atoms with Crippen molar-refractivity contribution in [3.05, 3.63) is 23.9 Å². The van der Waals surface area contributed by atoms with Crippen LogP contribution in [0.4, 0.5) is 5.88 Å². The first-order valence-electron chi connectivity index (χ1n) is 7.08. The number of nitrogen functional groups attached to an aromatic ring is 1. The van der Waals surface area contributed by atoms with Crippen LogP contribution < -0.4 is 15.2 Å². The molecular weight excluding hydrogens is 268 g/mol. The highest BCUT2D eigenvalue weighted by molar-refractivity contribution is 5.77. The smallest absolute Gasteiger partial charge is 0.230 e. The van der Waals surface area contributed by atoms with E-state index < -0.39 is 0 Å². The Balaban J connectivity index is 2.02. The van der Waals surface area contributed by atoms with Gasteiger partial charge in [-0.15, -0.1) is 0 Å². The number of nitrogens with two attached hydrogens (primary N) is 1. The quantitative estimate of drug-likeness (QED) is 0.918. The number of anilines is 1. The highest BCUT2D eigenvalue weighted by Gasteiger charge is 2.23. The summed E-state index contributed by atoms with van der Waals surface area (Å²) in [6.07, 6.45) is 0.789. The molecule has 0 unspecified atom stereocenters. The first-order chi connectivity index (χ1) is 9.94. The van der Waals surface area contributed by atoms with Gasteiger partial charge in [-0.2, -0.15) is 0 Å². The third-order valence-electron chi connectivity index (χ3n) is 3.32. The van der Waals surface area contributed by atoms with Crippen LogP contribution in [-0.4, -0.2) is 18.4 Å². The number of aromatic nitrogens is 1. The van der Waals surface area contributed by atoms with Crippen LogP contribution in [0.15, 0.2) is 22.7 Å². The summed E-state index contributed by atoms with van der Waals surface area (Å²) >= 11 is 0. The van der Waals surface area contributed by atoms with Crippen molar-refractivity contribution in [2.75, 3.05) is 18.9 Å². The van der Waals surface area contributed by atoms with E-state index in [0.29, 0.717) is 19.1 Å². The van der Waals surface area contributed by atoms with Crippen LogP contribution in [-0.2, 0) is 6.42 Å². The first-order valence-corrected chi connectivity index (χ1v) is 7.08. The van der Waals surface area contributed by atoms with E-state index in [1.54, 1.807) is 0 Å². The van der Waals surface area contributed by atoms with E-state index in [0.717, 1.165) is 34.7 Å². The molecule has 1 aromatic carbocycles. The molecule has 2 aromatic rings. The molecule has 2 heterocycles. The molecule has 1 aliphatic rings. The molecule has 5 nitrogen and oxygen atoms in total. The molecule has 0 spiro atoms. The fourth-order valence-corrected chi connectivity index (χ4v) is 2.47. The van der Waals surface area contributed by atoms with Crippen molar-refractivity contribution in [1.29, 1.82) is 0 Å². The normalized spacial score (nSPS) is 14.2. The van der Waals surface area contributed by atoms with Crippen molar-refractivity contribution < 1.29 is 14.0 Å². The van der Waals surface area contributed by atoms with Gasteiger partial charge >= 0.3 is 0 Å². The van der Waals surface area contributed by atoms with E-state index in [1.807, 2.05) is 18.2 Å². The van der Waals surface area contributed by atoms with Gasteiger partial charge < -0.3 is 19.7 Å². The molecule has 0 atom stereocenters. The SMILES string of the molecule is CC(C)(C)Cc1noc(N)c1-c1ccc2c(c1)OCCO2. The summed E-state index contributed by atoms with van der Waals surface area (Å²) in [6, 6.07) is 5.79. The second-order valence-corrected chi connectivity index (χ2v) is 6.46.